The molecule has 0 unspecified atom stereocenters. The SMILES string of the molecule is CCCCCCCc1onc(N)c1CCC. The Morgan fingerprint density at radius 2 is 1.75 bits per heavy atom. The van der Waals surface area contributed by atoms with Crippen LogP contribution in [0.1, 0.15) is 63.7 Å². The highest BCUT2D eigenvalue weighted by atomic mass is 16.5. The molecule has 0 radical (unpaired) electrons. The van der Waals surface area contributed by atoms with Crippen LogP contribution >= 0.6 is 0 Å². The Bertz CT molecular complexity index is 294. The van der Waals surface area contributed by atoms with Gasteiger partial charge in [0.05, 0.1) is 0 Å². The van der Waals surface area contributed by atoms with E-state index >= 15 is 0 Å². The second-order valence-corrected chi connectivity index (χ2v) is 4.38. The number of hydrogen-bond acceptors (Lipinski definition) is 3. The monoisotopic (exact) mass is 224 g/mol. The van der Waals surface area contributed by atoms with E-state index in [2.05, 4.69) is 19.0 Å². The lowest BCUT2D eigenvalue weighted by molar-refractivity contribution is 0.379. The Balaban J connectivity index is 2.35. The lowest BCUT2D eigenvalue weighted by atomic mass is 10.0. The van der Waals surface area contributed by atoms with Gasteiger partial charge in [0.25, 0.3) is 0 Å². The summed E-state index contributed by atoms with van der Waals surface area (Å²) in [6, 6.07) is 0. The Hall–Kier alpha value is -0.990. The largest absolute Gasteiger partial charge is 0.381 e. The van der Waals surface area contributed by atoms with E-state index in [0.29, 0.717) is 5.82 Å². The van der Waals surface area contributed by atoms with Crippen molar-refractivity contribution in [2.24, 2.45) is 0 Å². The lowest BCUT2D eigenvalue weighted by Crippen LogP contribution is -1.95. The summed E-state index contributed by atoms with van der Waals surface area (Å²) in [6.07, 6.45) is 9.47. The van der Waals surface area contributed by atoms with Gasteiger partial charge in [-0.15, -0.1) is 0 Å². The van der Waals surface area contributed by atoms with E-state index < -0.39 is 0 Å². The van der Waals surface area contributed by atoms with Gasteiger partial charge in [-0.3, -0.25) is 0 Å². The molecule has 0 aliphatic heterocycles. The molecule has 3 heteroatoms. The van der Waals surface area contributed by atoms with Crippen LogP contribution in [0.5, 0.6) is 0 Å². The standard InChI is InChI=1S/C13H24N2O/c1-3-5-6-7-8-10-12-11(9-4-2)13(14)15-16-12/h3-10H2,1-2H3,(H2,14,15). The fourth-order valence-corrected chi connectivity index (χ4v) is 1.96. The maximum atomic E-state index is 5.77. The molecule has 2 N–H and O–H groups in total. The van der Waals surface area contributed by atoms with Crippen LogP contribution in [0.3, 0.4) is 0 Å². The summed E-state index contributed by atoms with van der Waals surface area (Å²) in [7, 11) is 0. The molecule has 1 heterocycles. The first-order chi connectivity index (χ1) is 7.79. The molecule has 1 aromatic heterocycles. The first-order valence-electron chi connectivity index (χ1n) is 6.52. The Kier molecular flexibility index (Phi) is 5.98. The van der Waals surface area contributed by atoms with Crippen LogP contribution in [0.2, 0.25) is 0 Å². The molecular weight excluding hydrogens is 200 g/mol. The zero-order chi connectivity index (χ0) is 11.8. The van der Waals surface area contributed by atoms with Gasteiger partial charge in [-0.05, 0) is 12.8 Å². The molecule has 92 valence electrons. The van der Waals surface area contributed by atoms with Crippen molar-refractivity contribution in [1.82, 2.24) is 5.16 Å². The highest BCUT2D eigenvalue weighted by Gasteiger charge is 2.11. The molecule has 0 amide bonds. The predicted octanol–water partition coefficient (Wildman–Crippen LogP) is 3.72. The Morgan fingerprint density at radius 1 is 1.00 bits per heavy atom. The van der Waals surface area contributed by atoms with Crippen LogP contribution in [-0.2, 0) is 12.8 Å². The summed E-state index contributed by atoms with van der Waals surface area (Å²) in [5.74, 6) is 1.60. The third kappa shape index (κ3) is 3.87. The van der Waals surface area contributed by atoms with Crippen molar-refractivity contribution >= 4 is 5.82 Å². The number of unbranched alkanes of at least 4 members (excludes halogenated alkanes) is 4. The second-order valence-electron chi connectivity index (χ2n) is 4.38. The predicted molar refractivity (Wildman–Crippen MR) is 67.4 cm³/mol. The van der Waals surface area contributed by atoms with Crippen molar-refractivity contribution in [3.8, 4) is 0 Å². The zero-order valence-corrected chi connectivity index (χ0v) is 10.6. The molecular formula is C13H24N2O. The number of hydrogen-bond donors (Lipinski definition) is 1. The van der Waals surface area contributed by atoms with Gasteiger partial charge >= 0.3 is 0 Å². The van der Waals surface area contributed by atoms with Gasteiger partial charge in [0.1, 0.15) is 5.76 Å². The van der Waals surface area contributed by atoms with E-state index in [-0.39, 0.29) is 0 Å². The fraction of sp³-hybridized carbons (Fsp3) is 0.769. The summed E-state index contributed by atoms with van der Waals surface area (Å²) in [6.45, 7) is 4.38. The van der Waals surface area contributed by atoms with Gasteiger partial charge < -0.3 is 10.3 Å². The quantitative estimate of drug-likeness (QED) is 0.685. The van der Waals surface area contributed by atoms with Crippen molar-refractivity contribution in [2.75, 3.05) is 5.73 Å². The molecule has 3 nitrogen and oxygen atoms in total. The maximum Gasteiger partial charge on any atom is 0.170 e. The highest BCUT2D eigenvalue weighted by Crippen LogP contribution is 2.20. The summed E-state index contributed by atoms with van der Waals surface area (Å²) in [4.78, 5) is 0. The van der Waals surface area contributed by atoms with Gasteiger partial charge in [0.15, 0.2) is 5.82 Å². The minimum Gasteiger partial charge on any atom is -0.381 e. The number of anilines is 1. The van der Waals surface area contributed by atoms with Gasteiger partial charge in [0, 0.05) is 12.0 Å². The smallest absolute Gasteiger partial charge is 0.170 e. The molecule has 0 saturated carbocycles. The molecule has 1 aromatic rings. The maximum absolute atomic E-state index is 5.77. The van der Waals surface area contributed by atoms with E-state index in [1.54, 1.807) is 0 Å². The minimum atomic E-state index is 0.588. The first-order valence-corrected chi connectivity index (χ1v) is 6.52. The van der Waals surface area contributed by atoms with E-state index in [0.717, 1.165) is 30.6 Å². The number of rotatable bonds is 8. The third-order valence-electron chi connectivity index (χ3n) is 2.91. The van der Waals surface area contributed by atoms with Crippen molar-refractivity contribution in [3.05, 3.63) is 11.3 Å². The van der Waals surface area contributed by atoms with Crippen LogP contribution in [0.25, 0.3) is 0 Å². The Labute approximate surface area is 98.4 Å². The average Bonchev–Trinajstić information content (AvgIpc) is 2.62. The van der Waals surface area contributed by atoms with Crippen LogP contribution in [-0.4, -0.2) is 5.16 Å². The van der Waals surface area contributed by atoms with Crippen molar-refractivity contribution in [2.45, 2.75) is 65.2 Å². The molecule has 0 aliphatic carbocycles. The van der Waals surface area contributed by atoms with Crippen LogP contribution in [0, 0.1) is 0 Å². The van der Waals surface area contributed by atoms with Crippen molar-refractivity contribution in [3.63, 3.8) is 0 Å². The van der Waals surface area contributed by atoms with E-state index in [4.69, 9.17) is 10.3 Å². The van der Waals surface area contributed by atoms with Gasteiger partial charge in [-0.1, -0.05) is 51.1 Å². The van der Waals surface area contributed by atoms with Crippen molar-refractivity contribution in [1.29, 1.82) is 0 Å². The number of nitrogen functional groups attached to an aromatic ring is 1. The van der Waals surface area contributed by atoms with E-state index in [9.17, 15) is 0 Å². The summed E-state index contributed by atoms with van der Waals surface area (Å²) in [5.41, 5.74) is 6.91. The molecule has 0 atom stereocenters. The van der Waals surface area contributed by atoms with Gasteiger partial charge in [-0.25, -0.2) is 0 Å². The number of nitrogens with two attached hydrogens (primary N) is 1. The van der Waals surface area contributed by atoms with Gasteiger partial charge in [-0.2, -0.15) is 0 Å². The number of aryl methyl sites for hydroxylation is 1. The summed E-state index contributed by atoms with van der Waals surface area (Å²) < 4.78 is 5.28. The summed E-state index contributed by atoms with van der Waals surface area (Å²) >= 11 is 0. The van der Waals surface area contributed by atoms with E-state index in [1.807, 2.05) is 0 Å². The zero-order valence-electron chi connectivity index (χ0n) is 10.6. The highest BCUT2D eigenvalue weighted by molar-refractivity contribution is 5.40. The molecule has 0 bridgehead atoms. The topological polar surface area (TPSA) is 52.0 Å². The van der Waals surface area contributed by atoms with E-state index in [1.165, 1.54) is 32.1 Å². The second kappa shape index (κ2) is 7.31. The molecule has 1 rings (SSSR count). The molecule has 0 spiro atoms. The molecule has 0 fully saturated rings. The molecule has 0 aromatic carbocycles. The number of aromatic nitrogens is 1. The first kappa shape index (κ1) is 13.1. The fourth-order valence-electron chi connectivity index (χ4n) is 1.96. The van der Waals surface area contributed by atoms with Crippen LogP contribution in [0.4, 0.5) is 5.82 Å². The average molecular weight is 224 g/mol. The normalized spacial score (nSPS) is 10.9. The van der Waals surface area contributed by atoms with Crippen LogP contribution in [0.15, 0.2) is 4.52 Å². The third-order valence-corrected chi connectivity index (χ3v) is 2.91. The van der Waals surface area contributed by atoms with Crippen molar-refractivity contribution < 1.29 is 4.52 Å². The van der Waals surface area contributed by atoms with Crippen LogP contribution < -0.4 is 5.73 Å². The van der Waals surface area contributed by atoms with Gasteiger partial charge in [0.2, 0.25) is 0 Å². The molecule has 0 saturated heterocycles. The lowest BCUT2D eigenvalue weighted by Gasteiger charge is -2.00. The summed E-state index contributed by atoms with van der Waals surface area (Å²) in [5, 5.41) is 3.85. The molecule has 16 heavy (non-hydrogen) atoms. The molecule has 0 aliphatic rings. The Morgan fingerprint density at radius 3 is 2.44 bits per heavy atom. The number of nitrogens with zero attached hydrogens (tertiary/aromatic N) is 1. The minimum absolute atomic E-state index is 0.588.